The lowest BCUT2D eigenvalue weighted by Gasteiger charge is -2.30. The van der Waals surface area contributed by atoms with Crippen LogP contribution >= 0.6 is 11.6 Å². The van der Waals surface area contributed by atoms with Crippen LogP contribution in [-0.2, 0) is 0 Å². The topological polar surface area (TPSA) is 17.8 Å². The van der Waals surface area contributed by atoms with Gasteiger partial charge in [-0.25, -0.2) is 4.98 Å². The van der Waals surface area contributed by atoms with Crippen LogP contribution in [0.25, 0.3) is 11.0 Å². The molecule has 2 atom stereocenters. The fourth-order valence-corrected chi connectivity index (χ4v) is 3.91. The molecule has 114 valence electrons. The highest BCUT2D eigenvalue weighted by Gasteiger charge is 2.26. The first kappa shape index (κ1) is 14.9. The molecule has 1 aliphatic rings. The molecule has 2 nitrogen and oxygen atoms in total. The lowest BCUT2D eigenvalue weighted by atomic mass is 9.84. The molecule has 1 aromatic carbocycles. The van der Waals surface area contributed by atoms with Gasteiger partial charge in [-0.3, -0.25) is 0 Å². The Balaban J connectivity index is 2.09. The Morgan fingerprint density at radius 2 is 1.90 bits per heavy atom. The highest BCUT2D eigenvalue weighted by molar-refractivity contribution is 6.20. The van der Waals surface area contributed by atoms with Gasteiger partial charge in [0.15, 0.2) is 0 Å². The molecule has 1 aliphatic carbocycles. The molecule has 21 heavy (non-hydrogen) atoms. The van der Waals surface area contributed by atoms with Gasteiger partial charge in [-0.2, -0.15) is 0 Å². The van der Waals surface area contributed by atoms with E-state index in [1.54, 1.807) is 0 Å². The van der Waals surface area contributed by atoms with E-state index in [-0.39, 0.29) is 5.38 Å². The van der Waals surface area contributed by atoms with Crippen molar-refractivity contribution in [3.63, 3.8) is 0 Å². The maximum absolute atomic E-state index is 6.42. The van der Waals surface area contributed by atoms with E-state index >= 15 is 0 Å². The molecule has 0 saturated heterocycles. The highest BCUT2D eigenvalue weighted by Crippen LogP contribution is 2.37. The van der Waals surface area contributed by atoms with Crippen molar-refractivity contribution in [2.24, 2.45) is 5.92 Å². The monoisotopic (exact) mass is 304 g/mol. The van der Waals surface area contributed by atoms with Gasteiger partial charge in [0.05, 0.1) is 16.4 Å². The number of aryl methyl sites for hydroxylation is 1. The predicted octanol–water partition coefficient (Wildman–Crippen LogP) is 5.79. The molecule has 2 aromatic rings. The first-order chi connectivity index (χ1) is 10.1. The van der Waals surface area contributed by atoms with Crippen molar-refractivity contribution < 1.29 is 0 Å². The predicted molar refractivity (Wildman–Crippen MR) is 90.0 cm³/mol. The average Bonchev–Trinajstić information content (AvgIpc) is 2.86. The van der Waals surface area contributed by atoms with Crippen LogP contribution in [0.5, 0.6) is 0 Å². The van der Waals surface area contributed by atoms with Gasteiger partial charge in [0.2, 0.25) is 0 Å². The molecule has 1 fully saturated rings. The quantitative estimate of drug-likeness (QED) is 0.657. The zero-order chi connectivity index (χ0) is 15.0. The van der Waals surface area contributed by atoms with Gasteiger partial charge < -0.3 is 4.57 Å². The number of nitrogens with zero attached hydrogens (tertiary/aromatic N) is 2. The summed E-state index contributed by atoms with van der Waals surface area (Å²) in [6.07, 6.45) is 6.80. The summed E-state index contributed by atoms with van der Waals surface area (Å²) in [4.78, 5) is 4.80. The Morgan fingerprint density at radius 1 is 1.19 bits per heavy atom. The molecule has 1 heterocycles. The van der Waals surface area contributed by atoms with Crippen LogP contribution in [0.3, 0.4) is 0 Å². The van der Waals surface area contributed by atoms with Crippen LogP contribution in [0.4, 0.5) is 0 Å². The summed E-state index contributed by atoms with van der Waals surface area (Å²) >= 11 is 6.42. The van der Waals surface area contributed by atoms with E-state index in [1.165, 1.54) is 43.2 Å². The Kier molecular flexibility index (Phi) is 4.26. The summed E-state index contributed by atoms with van der Waals surface area (Å²) in [6.45, 7) is 6.52. The van der Waals surface area contributed by atoms with Crippen molar-refractivity contribution in [3.8, 4) is 0 Å². The van der Waals surface area contributed by atoms with Gasteiger partial charge in [-0.05, 0) is 57.2 Å². The van der Waals surface area contributed by atoms with E-state index in [0.717, 1.165) is 17.3 Å². The lowest BCUT2D eigenvalue weighted by molar-refractivity contribution is 0.264. The van der Waals surface area contributed by atoms with Crippen LogP contribution in [0.2, 0.25) is 0 Å². The van der Waals surface area contributed by atoms with Crippen LogP contribution in [-0.4, -0.2) is 9.55 Å². The molecule has 3 rings (SSSR count). The minimum atomic E-state index is -0.0521. The van der Waals surface area contributed by atoms with Crippen LogP contribution in [0.15, 0.2) is 18.2 Å². The minimum absolute atomic E-state index is 0.0521. The van der Waals surface area contributed by atoms with E-state index in [0.29, 0.717) is 6.04 Å². The molecule has 0 bridgehead atoms. The smallest absolute Gasteiger partial charge is 0.127 e. The molecular weight excluding hydrogens is 280 g/mol. The van der Waals surface area contributed by atoms with Crippen molar-refractivity contribution >= 4 is 22.6 Å². The normalized spacial score (nSPS) is 19.8. The summed E-state index contributed by atoms with van der Waals surface area (Å²) in [7, 11) is 0. The van der Waals surface area contributed by atoms with Gasteiger partial charge in [0, 0.05) is 6.04 Å². The number of rotatable bonds is 3. The molecule has 0 N–H and O–H groups in total. The minimum Gasteiger partial charge on any atom is -0.324 e. The lowest BCUT2D eigenvalue weighted by Crippen LogP contribution is -2.21. The van der Waals surface area contributed by atoms with E-state index in [1.807, 2.05) is 6.92 Å². The average molecular weight is 305 g/mol. The SMILES string of the molecule is Cc1ccc2nc(C(C)Cl)n(C(C)C3CCCCC3)c2c1. The van der Waals surface area contributed by atoms with E-state index < -0.39 is 0 Å². The fraction of sp³-hybridized carbons (Fsp3) is 0.611. The molecule has 0 spiro atoms. The molecule has 2 unspecified atom stereocenters. The van der Waals surface area contributed by atoms with Crippen molar-refractivity contribution in [2.45, 2.75) is 64.3 Å². The molecule has 1 saturated carbocycles. The zero-order valence-corrected chi connectivity index (χ0v) is 14.0. The summed E-state index contributed by atoms with van der Waals surface area (Å²) < 4.78 is 2.41. The Bertz CT molecular complexity index is 623. The summed E-state index contributed by atoms with van der Waals surface area (Å²) in [5.74, 6) is 1.78. The summed E-state index contributed by atoms with van der Waals surface area (Å²) in [5, 5.41) is -0.0521. The number of hydrogen-bond acceptors (Lipinski definition) is 1. The second-order valence-corrected chi connectivity index (χ2v) is 7.24. The number of alkyl halides is 1. The van der Waals surface area contributed by atoms with E-state index in [2.05, 4.69) is 36.6 Å². The highest BCUT2D eigenvalue weighted by atomic mass is 35.5. The number of benzene rings is 1. The number of fused-ring (bicyclic) bond motifs is 1. The number of aromatic nitrogens is 2. The third-order valence-corrected chi connectivity index (χ3v) is 5.16. The number of imidazole rings is 1. The maximum atomic E-state index is 6.42. The fourth-order valence-electron chi connectivity index (χ4n) is 3.76. The van der Waals surface area contributed by atoms with Gasteiger partial charge in [0.1, 0.15) is 5.82 Å². The van der Waals surface area contributed by atoms with E-state index in [4.69, 9.17) is 16.6 Å². The third kappa shape index (κ3) is 2.83. The molecule has 0 radical (unpaired) electrons. The summed E-state index contributed by atoms with van der Waals surface area (Å²) in [5.41, 5.74) is 3.61. The molecule has 0 aliphatic heterocycles. The molecule has 3 heteroatoms. The maximum Gasteiger partial charge on any atom is 0.127 e. The Labute approximate surface area is 132 Å². The van der Waals surface area contributed by atoms with Crippen molar-refractivity contribution in [1.29, 1.82) is 0 Å². The second-order valence-electron chi connectivity index (χ2n) is 6.59. The first-order valence-electron chi connectivity index (χ1n) is 8.20. The summed E-state index contributed by atoms with van der Waals surface area (Å²) in [6, 6.07) is 6.99. The van der Waals surface area contributed by atoms with Crippen LogP contribution < -0.4 is 0 Å². The molecule has 0 amide bonds. The van der Waals surface area contributed by atoms with Crippen LogP contribution in [0, 0.1) is 12.8 Å². The van der Waals surface area contributed by atoms with Gasteiger partial charge in [0.25, 0.3) is 0 Å². The molecular formula is C18H25ClN2. The van der Waals surface area contributed by atoms with Crippen LogP contribution in [0.1, 0.15) is 68.8 Å². The van der Waals surface area contributed by atoms with Gasteiger partial charge >= 0.3 is 0 Å². The second kappa shape index (κ2) is 6.00. The Hall–Kier alpha value is -1.02. The third-order valence-electron chi connectivity index (χ3n) is 4.97. The largest absolute Gasteiger partial charge is 0.324 e. The Morgan fingerprint density at radius 3 is 2.57 bits per heavy atom. The van der Waals surface area contributed by atoms with E-state index in [9.17, 15) is 0 Å². The first-order valence-corrected chi connectivity index (χ1v) is 8.64. The number of hydrogen-bond donors (Lipinski definition) is 0. The number of halogens is 1. The standard InChI is InChI=1S/C18H25ClN2/c1-12-9-10-16-17(11-12)21(18(20-16)13(2)19)14(3)15-7-5-4-6-8-15/h9-11,13-15H,4-8H2,1-3H3. The van der Waals surface area contributed by atoms with Gasteiger partial charge in [-0.1, -0.05) is 25.3 Å². The van der Waals surface area contributed by atoms with Crippen molar-refractivity contribution in [1.82, 2.24) is 9.55 Å². The molecule has 1 aromatic heterocycles. The van der Waals surface area contributed by atoms with Crippen molar-refractivity contribution in [2.75, 3.05) is 0 Å². The van der Waals surface area contributed by atoms with Crippen molar-refractivity contribution in [3.05, 3.63) is 29.6 Å². The zero-order valence-electron chi connectivity index (χ0n) is 13.3. The van der Waals surface area contributed by atoms with Gasteiger partial charge in [-0.15, -0.1) is 11.6 Å².